The second-order valence-electron chi connectivity index (χ2n) is 3.90. The fourth-order valence-electron chi connectivity index (χ4n) is 2.12. The fraction of sp³-hybridized carbons (Fsp3) is 0.600. The molecule has 1 aromatic rings. The van der Waals surface area contributed by atoms with Crippen molar-refractivity contribution in [2.75, 3.05) is 5.32 Å². The predicted molar refractivity (Wildman–Crippen MR) is 68.1 cm³/mol. The lowest BCUT2D eigenvalue weighted by Gasteiger charge is -2.13. The number of aromatic nitrogens is 2. The number of fused-ring (bicyclic) bond motifs is 1. The Morgan fingerprint density at radius 3 is 2.94 bits per heavy atom. The van der Waals surface area contributed by atoms with E-state index in [0.29, 0.717) is 5.11 Å². The first-order valence-corrected chi connectivity index (χ1v) is 6.03. The molecule has 0 radical (unpaired) electrons. The lowest BCUT2D eigenvalue weighted by molar-refractivity contribution is 0.635. The van der Waals surface area contributed by atoms with Gasteiger partial charge in [-0.3, -0.25) is 0 Å². The molecule has 4 N–H and O–H groups in total. The Balaban J connectivity index is 2.33. The average Bonchev–Trinajstić information content (AvgIpc) is 2.67. The van der Waals surface area contributed by atoms with Crippen LogP contribution in [0, 0.1) is 0 Å². The molecule has 1 aliphatic carbocycles. The summed E-state index contributed by atoms with van der Waals surface area (Å²) < 4.78 is 1.96. The third kappa shape index (κ3) is 2.03. The summed E-state index contributed by atoms with van der Waals surface area (Å²) in [6.45, 7) is 2.91. The number of hydrogen-bond acceptors (Lipinski definition) is 3. The van der Waals surface area contributed by atoms with Gasteiger partial charge in [-0.1, -0.05) is 0 Å². The van der Waals surface area contributed by atoms with E-state index in [4.69, 9.17) is 18.1 Å². The van der Waals surface area contributed by atoms with Crippen LogP contribution in [0.15, 0.2) is 0 Å². The molecule has 0 unspecified atom stereocenters. The van der Waals surface area contributed by atoms with E-state index in [1.54, 1.807) is 0 Å². The molecule has 0 aliphatic heterocycles. The van der Waals surface area contributed by atoms with Crippen molar-refractivity contribution in [3.05, 3.63) is 11.3 Å². The van der Waals surface area contributed by atoms with Gasteiger partial charge in [0.25, 0.3) is 0 Å². The summed E-state index contributed by atoms with van der Waals surface area (Å²) >= 11 is 5.03. The van der Waals surface area contributed by atoms with Crippen LogP contribution in [0.2, 0.25) is 0 Å². The molecule has 0 bridgehead atoms. The Hall–Kier alpha value is -1.14. The minimum atomic E-state index is 0.433. The van der Waals surface area contributed by atoms with Crippen LogP contribution in [0.1, 0.15) is 31.0 Å². The Morgan fingerprint density at radius 1 is 1.50 bits per heavy atom. The molecule has 0 amide bonds. The van der Waals surface area contributed by atoms with Crippen LogP contribution in [0.25, 0.3) is 0 Å². The molecular formula is C10H17N5S. The highest BCUT2D eigenvalue weighted by Gasteiger charge is 2.20. The first-order valence-electron chi connectivity index (χ1n) is 5.62. The van der Waals surface area contributed by atoms with Gasteiger partial charge < -0.3 is 10.7 Å². The lowest BCUT2D eigenvalue weighted by Crippen LogP contribution is -2.35. The maximum atomic E-state index is 5.27. The molecule has 0 atom stereocenters. The van der Waals surface area contributed by atoms with Crippen LogP contribution in [-0.2, 0) is 19.4 Å². The fourth-order valence-corrected chi connectivity index (χ4v) is 2.22. The number of nitrogens with zero attached hydrogens (tertiary/aromatic N) is 2. The van der Waals surface area contributed by atoms with Gasteiger partial charge in [-0.2, -0.15) is 5.10 Å². The van der Waals surface area contributed by atoms with Crippen LogP contribution in [0.3, 0.4) is 0 Å². The van der Waals surface area contributed by atoms with E-state index in [1.807, 2.05) is 4.68 Å². The second kappa shape index (κ2) is 4.80. The van der Waals surface area contributed by atoms with Crippen molar-refractivity contribution in [3.8, 4) is 0 Å². The van der Waals surface area contributed by atoms with E-state index in [1.165, 1.54) is 24.1 Å². The van der Waals surface area contributed by atoms with Gasteiger partial charge >= 0.3 is 0 Å². The first-order chi connectivity index (χ1) is 7.76. The van der Waals surface area contributed by atoms with Crippen LogP contribution >= 0.6 is 12.2 Å². The number of nitrogens with two attached hydrogens (primary N) is 1. The summed E-state index contributed by atoms with van der Waals surface area (Å²) in [4.78, 5) is 0. The van der Waals surface area contributed by atoms with Crippen LogP contribution in [-0.4, -0.2) is 14.9 Å². The highest BCUT2D eigenvalue weighted by atomic mass is 32.1. The van der Waals surface area contributed by atoms with Crippen molar-refractivity contribution in [2.45, 2.75) is 39.2 Å². The van der Waals surface area contributed by atoms with E-state index < -0.39 is 0 Å². The molecule has 16 heavy (non-hydrogen) atoms. The Kier molecular flexibility index (Phi) is 3.40. The van der Waals surface area contributed by atoms with E-state index in [2.05, 4.69) is 22.8 Å². The molecule has 0 aromatic carbocycles. The third-order valence-corrected chi connectivity index (χ3v) is 3.11. The number of hydrogen-bond donors (Lipinski definition) is 3. The summed E-state index contributed by atoms with van der Waals surface area (Å²) in [6, 6.07) is 0. The number of anilines is 1. The monoisotopic (exact) mass is 239 g/mol. The summed E-state index contributed by atoms with van der Waals surface area (Å²) in [7, 11) is 0. The quantitative estimate of drug-likeness (QED) is 0.407. The SMILES string of the molecule is CCn1nc2c(c1NC(=S)NN)CCCC2. The Bertz CT molecular complexity index is 398. The average molecular weight is 239 g/mol. The molecule has 1 aliphatic rings. The summed E-state index contributed by atoms with van der Waals surface area (Å²) in [5.74, 6) is 6.27. The van der Waals surface area contributed by atoms with Gasteiger partial charge in [0.2, 0.25) is 0 Å². The molecule has 0 saturated heterocycles. The molecule has 2 rings (SSSR count). The van der Waals surface area contributed by atoms with Crippen LogP contribution < -0.4 is 16.6 Å². The van der Waals surface area contributed by atoms with Gasteiger partial charge in [-0.25, -0.2) is 10.5 Å². The van der Waals surface area contributed by atoms with Crippen molar-refractivity contribution in [1.29, 1.82) is 0 Å². The Labute approximate surface area is 100 Å². The standard InChI is InChI=1S/C10H17N5S/c1-2-15-9(12-10(16)13-11)7-5-3-4-6-8(7)14-15/h2-6,11H2,1H3,(H2,12,13,16). The number of hydrazine groups is 1. The predicted octanol–water partition coefficient (Wildman–Crippen LogP) is 0.942. The Morgan fingerprint density at radius 2 is 2.25 bits per heavy atom. The molecule has 88 valence electrons. The smallest absolute Gasteiger partial charge is 0.186 e. The third-order valence-electron chi connectivity index (χ3n) is 2.89. The summed E-state index contributed by atoms with van der Waals surface area (Å²) in [6.07, 6.45) is 4.59. The number of nitrogens with one attached hydrogen (secondary N) is 2. The molecule has 1 heterocycles. The van der Waals surface area contributed by atoms with Crippen molar-refractivity contribution in [3.63, 3.8) is 0 Å². The van der Waals surface area contributed by atoms with Gasteiger partial charge in [-0.15, -0.1) is 0 Å². The molecule has 1 aromatic heterocycles. The van der Waals surface area contributed by atoms with E-state index in [-0.39, 0.29) is 0 Å². The maximum absolute atomic E-state index is 5.27. The highest BCUT2D eigenvalue weighted by Crippen LogP contribution is 2.27. The molecular weight excluding hydrogens is 222 g/mol. The summed E-state index contributed by atoms with van der Waals surface area (Å²) in [5.41, 5.74) is 4.94. The van der Waals surface area contributed by atoms with Gasteiger partial charge in [0.15, 0.2) is 5.11 Å². The van der Waals surface area contributed by atoms with Gasteiger partial charge in [-0.05, 0) is 44.8 Å². The van der Waals surface area contributed by atoms with Gasteiger partial charge in [0.05, 0.1) is 5.69 Å². The number of aryl methyl sites for hydroxylation is 2. The highest BCUT2D eigenvalue weighted by molar-refractivity contribution is 7.80. The minimum absolute atomic E-state index is 0.433. The van der Waals surface area contributed by atoms with Gasteiger partial charge in [0.1, 0.15) is 5.82 Å². The molecule has 0 spiro atoms. The van der Waals surface area contributed by atoms with Crippen molar-refractivity contribution in [1.82, 2.24) is 15.2 Å². The van der Waals surface area contributed by atoms with Crippen LogP contribution in [0.5, 0.6) is 0 Å². The minimum Gasteiger partial charge on any atom is -0.316 e. The van der Waals surface area contributed by atoms with Gasteiger partial charge in [0, 0.05) is 12.1 Å². The van der Waals surface area contributed by atoms with Crippen LogP contribution in [0.4, 0.5) is 5.82 Å². The van der Waals surface area contributed by atoms with E-state index >= 15 is 0 Å². The topological polar surface area (TPSA) is 67.9 Å². The number of rotatable bonds is 2. The van der Waals surface area contributed by atoms with Crippen molar-refractivity contribution in [2.24, 2.45) is 5.84 Å². The normalized spacial score (nSPS) is 14.4. The molecule has 0 fully saturated rings. The number of thiocarbonyl (C=S) groups is 1. The second-order valence-corrected chi connectivity index (χ2v) is 4.30. The molecule has 6 heteroatoms. The van der Waals surface area contributed by atoms with E-state index in [9.17, 15) is 0 Å². The zero-order valence-corrected chi connectivity index (χ0v) is 10.2. The molecule has 0 saturated carbocycles. The summed E-state index contributed by atoms with van der Waals surface area (Å²) in [5, 5.41) is 8.13. The van der Waals surface area contributed by atoms with Crippen molar-refractivity contribution >= 4 is 23.1 Å². The lowest BCUT2D eigenvalue weighted by atomic mass is 9.97. The maximum Gasteiger partial charge on any atom is 0.186 e. The van der Waals surface area contributed by atoms with E-state index in [0.717, 1.165) is 25.2 Å². The first kappa shape index (κ1) is 11.3. The zero-order chi connectivity index (χ0) is 11.5. The largest absolute Gasteiger partial charge is 0.316 e. The zero-order valence-electron chi connectivity index (χ0n) is 9.42. The van der Waals surface area contributed by atoms with Crippen molar-refractivity contribution < 1.29 is 0 Å². The molecule has 5 nitrogen and oxygen atoms in total.